The van der Waals surface area contributed by atoms with Gasteiger partial charge in [-0.15, -0.1) is 0 Å². The molecule has 1 heterocycles. The Balaban J connectivity index is 1.73. The van der Waals surface area contributed by atoms with Crippen molar-refractivity contribution in [2.75, 3.05) is 0 Å². The van der Waals surface area contributed by atoms with Gasteiger partial charge in [0.2, 0.25) is 0 Å². The fourth-order valence-corrected chi connectivity index (χ4v) is 4.53. The molecule has 120 valence electrons. The van der Waals surface area contributed by atoms with Crippen LogP contribution in [0.4, 0.5) is 0 Å². The van der Waals surface area contributed by atoms with Gasteiger partial charge in [0, 0.05) is 10.8 Å². The summed E-state index contributed by atoms with van der Waals surface area (Å²) in [6.45, 7) is 4.76. The SMILES string of the molecule is CC12CCC(C)(CC1)c1nc3cc(-c4ccccc4)ccc3nc12. The summed E-state index contributed by atoms with van der Waals surface area (Å²) in [5.74, 6) is 0. The minimum Gasteiger partial charge on any atom is -0.249 e. The molecule has 0 amide bonds. The molecule has 2 nitrogen and oxygen atoms in total. The third-order valence-corrected chi connectivity index (χ3v) is 6.37. The zero-order valence-corrected chi connectivity index (χ0v) is 14.3. The molecule has 0 N–H and O–H groups in total. The van der Waals surface area contributed by atoms with Gasteiger partial charge in [0.1, 0.15) is 0 Å². The molecule has 24 heavy (non-hydrogen) atoms. The first-order valence-electron chi connectivity index (χ1n) is 8.96. The maximum atomic E-state index is 5.14. The summed E-state index contributed by atoms with van der Waals surface area (Å²) >= 11 is 0. The van der Waals surface area contributed by atoms with Crippen LogP contribution in [0.3, 0.4) is 0 Å². The van der Waals surface area contributed by atoms with Crippen molar-refractivity contribution in [1.82, 2.24) is 9.97 Å². The molecule has 3 aromatic rings. The number of hydrogen-bond acceptors (Lipinski definition) is 2. The number of rotatable bonds is 1. The molecule has 0 aliphatic heterocycles. The molecule has 1 aromatic heterocycles. The number of nitrogens with zero attached hydrogens (tertiary/aromatic N) is 2. The van der Waals surface area contributed by atoms with Crippen molar-refractivity contribution in [3.8, 4) is 11.1 Å². The lowest BCUT2D eigenvalue weighted by molar-refractivity contribution is 0.177. The predicted octanol–water partition coefficient (Wildman–Crippen LogP) is 5.40. The van der Waals surface area contributed by atoms with Crippen LogP contribution in [0.25, 0.3) is 22.2 Å². The standard InChI is InChI=1S/C22H22N2/c1-21-10-12-22(2,13-11-21)20-19(21)23-17-9-8-16(14-18(17)24-20)15-6-4-3-5-7-15/h3-9,14H,10-13H2,1-2H3. The molecule has 6 rings (SSSR count). The zero-order chi connectivity index (χ0) is 16.4. The lowest BCUT2D eigenvalue weighted by Gasteiger charge is -2.50. The van der Waals surface area contributed by atoms with Crippen LogP contribution >= 0.6 is 0 Å². The average molecular weight is 314 g/mol. The topological polar surface area (TPSA) is 25.8 Å². The van der Waals surface area contributed by atoms with Gasteiger partial charge in [-0.2, -0.15) is 0 Å². The van der Waals surface area contributed by atoms with Crippen LogP contribution < -0.4 is 0 Å². The Morgan fingerprint density at radius 1 is 0.667 bits per heavy atom. The summed E-state index contributed by atoms with van der Waals surface area (Å²) in [5, 5.41) is 0. The summed E-state index contributed by atoms with van der Waals surface area (Å²) < 4.78 is 0. The molecule has 0 atom stereocenters. The van der Waals surface area contributed by atoms with Gasteiger partial charge in [-0.25, -0.2) is 9.97 Å². The van der Waals surface area contributed by atoms with E-state index < -0.39 is 0 Å². The highest BCUT2D eigenvalue weighted by Gasteiger charge is 2.49. The summed E-state index contributed by atoms with van der Waals surface area (Å²) in [5.41, 5.74) is 7.50. The molecule has 1 saturated carbocycles. The van der Waals surface area contributed by atoms with Crippen LogP contribution in [0.15, 0.2) is 48.5 Å². The number of aromatic nitrogens is 2. The molecular formula is C22H22N2. The Bertz CT molecular complexity index is 935. The molecule has 2 bridgehead atoms. The summed E-state index contributed by atoms with van der Waals surface area (Å²) in [4.78, 5) is 10.2. The number of hydrogen-bond donors (Lipinski definition) is 0. The van der Waals surface area contributed by atoms with Crippen LogP contribution in [0, 0.1) is 0 Å². The van der Waals surface area contributed by atoms with Gasteiger partial charge < -0.3 is 0 Å². The third-order valence-electron chi connectivity index (χ3n) is 6.37. The minimum absolute atomic E-state index is 0.219. The molecule has 1 fully saturated rings. The molecular weight excluding hydrogens is 292 g/mol. The lowest BCUT2D eigenvalue weighted by atomic mass is 9.55. The van der Waals surface area contributed by atoms with E-state index in [0.29, 0.717) is 0 Å². The van der Waals surface area contributed by atoms with Crippen molar-refractivity contribution in [3.05, 3.63) is 59.9 Å². The van der Waals surface area contributed by atoms with E-state index in [2.05, 4.69) is 62.4 Å². The first-order chi connectivity index (χ1) is 11.6. The van der Waals surface area contributed by atoms with Crippen molar-refractivity contribution in [2.45, 2.75) is 50.4 Å². The molecule has 3 aliphatic rings. The van der Waals surface area contributed by atoms with Crippen molar-refractivity contribution in [3.63, 3.8) is 0 Å². The van der Waals surface area contributed by atoms with Crippen molar-refractivity contribution >= 4 is 11.0 Å². The van der Waals surface area contributed by atoms with E-state index in [1.165, 1.54) is 48.2 Å². The summed E-state index contributed by atoms with van der Waals surface area (Å²) in [7, 11) is 0. The maximum Gasteiger partial charge on any atom is 0.0896 e. The van der Waals surface area contributed by atoms with Crippen molar-refractivity contribution in [2.24, 2.45) is 0 Å². The Morgan fingerprint density at radius 2 is 1.25 bits per heavy atom. The summed E-state index contributed by atoms with van der Waals surface area (Å²) in [6, 6.07) is 17.0. The molecule has 0 radical (unpaired) electrons. The van der Waals surface area contributed by atoms with E-state index in [-0.39, 0.29) is 10.8 Å². The quantitative estimate of drug-likeness (QED) is 0.601. The predicted molar refractivity (Wildman–Crippen MR) is 98.1 cm³/mol. The summed E-state index contributed by atoms with van der Waals surface area (Å²) in [6.07, 6.45) is 4.99. The van der Waals surface area contributed by atoms with Gasteiger partial charge in [-0.1, -0.05) is 50.2 Å². The highest BCUT2D eigenvalue weighted by Crippen LogP contribution is 2.55. The highest BCUT2D eigenvalue weighted by molar-refractivity contribution is 5.82. The van der Waals surface area contributed by atoms with E-state index in [4.69, 9.17) is 9.97 Å². The van der Waals surface area contributed by atoms with E-state index in [1.54, 1.807) is 0 Å². The van der Waals surface area contributed by atoms with Gasteiger partial charge >= 0.3 is 0 Å². The largest absolute Gasteiger partial charge is 0.249 e. The monoisotopic (exact) mass is 314 g/mol. The Labute approximate surface area is 143 Å². The van der Waals surface area contributed by atoms with E-state index in [0.717, 1.165) is 11.0 Å². The van der Waals surface area contributed by atoms with Gasteiger partial charge in [-0.3, -0.25) is 0 Å². The normalized spacial score (nSPS) is 28.1. The van der Waals surface area contributed by atoms with Gasteiger partial charge in [-0.05, 0) is 48.9 Å². The van der Waals surface area contributed by atoms with Gasteiger partial charge in [0.25, 0.3) is 0 Å². The number of benzene rings is 2. The van der Waals surface area contributed by atoms with Crippen molar-refractivity contribution < 1.29 is 0 Å². The lowest BCUT2D eigenvalue weighted by Crippen LogP contribution is -2.45. The molecule has 0 spiro atoms. The molecule has 2 aromatic carbocycles. The second-order valence-electron chi connectivity index (χ2n) is 8.11. The van der Waals surface area contributed by atoms with Crippen LogP contribution in [0.1, 0.15) is 50.9 Å². The maximum absolute atomic E-state index is 5.14. The second kappa shape index (κ2) is 4.66. The Morgan fingerprint density at radius 3 is 1.88 bits per heavy atom. The smallest absolute Gasteiger partial charge is 0.0896 e. The fourth-order valence-electron chi connectivity index (χ4n) is 4.53. The Hall–Kier alpha value is -2.22. The van der Waals surface area contributed by atoms with Crippen LogP contribution in [-0.4, -0.2) is 9.97 Å². The highest BCUT2D eigenvalue weighted by atomic mass is 14.9. The molecule has 0 unspecified atom stereocenters. The Kier molecular flexibility index (Phi) is 2.75. The molecule has 3 aliphatic carbocycles. The molecule has 0 saturated heterocycles. The first kappa shape index (κ1) is 14.2. The van der Waals surface area contributed by atoms with E-state index in [9.17, 15) is 0 Å². The average Bonchev–Trinajstić information content (AvgIpc) is 2.63. The number of fused-ring (bicyclic) bond motifs is 3. The second-order valence-corrected chi connectivity index (χ2v) is 8.11. The molecule has 2 heteroatoms. The van der Waals surface area contributed by atoms with Crippen LogP contribution in [0.5, 0.6) is 0 Å². The van der Waals surface area contributed by atoms with Gasteiger partial charge in [0.15, 0.2) is 0 Å². The fraction of sp³-hybridized carbons (Fsp3) is 0.364. The van der Waals surface area contributed by atoms with Crippen LogP contribution in [-0.2, 0) is 10.8 Å². The first-order valence-corrected chi connectivity index (χ1v) is 8.96. The zero-order valence-electron chi connectivity index (χ0n) is 14.3. The minimum atomic E-state index is 0.219. The van der Waals surface area contributed by atoms with Crippen LogP contribution in [0.2, 0.25) is 0 Å². The third kappa shape index (κ3) is 1.89. The van der Waals surface area contributed by atoms with Gasteiger partial charge in [0.05, 0.1) is 22.4 Å². The van der Waals surface area contributed by atoms with E-state index >= 15 is 0 Å². The van der Waals surface area contributed by atoms with Crippen molar-refractivity contribution in [1.29, 1.82) is 0 Å². The van der Waals surface area contributed by atoms with E-state index in [1.807, 2.05) is 0 Å².